The molecule has 2 fully saturated rings. The molecule has 0 bridgehead atoms. The molecule has 1 amide bonds. The lowest BCUT2D eigenvalue weighted by Crippen LogP contribution is -2.36. The fraction of sp³-hybridized carbons (Fsp3) is 0.321. The summed E-state index contributed by atoms with van der Waals surface area (Å²) < 4.78 is 11.5. The third-order valence-electron chi connectivity index (χ3n) is 6.95. The molecule has 1 aliphatic heterocycles. The van der Waals surface area contributed by atoms with Crippen LogP contribution in [0.4, 0.5) is 11.5 Å². The molecular formula is C28H30N6O3. The minimum atomic E-state index is -0.0914. The van der Waals surface area contributed by atoms with Crippen LogP contribution in [0.2, 0.25) is 0 Å². The molecule has 9 heteroatoms. The molecule has 4 aromatic rings. The quantitative estimate of drug-likeness (QED) is 0.285. The Morgan fingerprint density at radius 3 is 2.65 bits per heavy atom. The number of benzene rings is 2. The zero-order chi connectivity index (χ0) is 25.0. The van der Waals surface area contributed by atoms with Crippen LogP contribution in [0.3, 0.4) is 0 Å². The maximum Gasteiger partial charge on any atom is 0.258 e. The van der Waals surface area contributed by atoms with E-state index in [0.717, 1.165) is 37.2 Å². The normalized spacial score (nSPS) is 16.3. The molecule has 0 spiro atoms. The summed E-state index contributed by atoms with van der Waals surface area (Å²) >= 11 is 0. The fourth-order valence-electron chi connectivity index (χ4n) is 4.96. The van der Waals surface area contributed by atoms with Gasteiger partial charge in [-0.1, -0.05) is 37.1 Å². The van der Waals surface area contributed by atoms with Crippen molar-refractivity contribution < 1.29 is 13.9 Å². The van der Waals surface area contributed by atoms with Crippen LogP contribution in [0.15, 0.2) is 65.3 Å². The van der Waals surface area contributed by atoms with Crippen LogP contribution >= 0.6 is 0 Å². The van der Waals surface area contributed by atoms with Crippen LogP contribution in [-0.4, -0.2) is 41.6 Å². The number of hydrazine groups is 1. The molecule has 1 aliphatic carbocycles. The minimum absolute atomic E-state index is 0.0165. The first-order valence-corrected chi connectivity index (χ1v) is 12.8. The fourth-order valence-corrected chi connectivity index (χ4v) is 4.96. The van der Waals surface area contributed by atoms with Gasteiger partial charge in [0.2, 0.25) is 0 Å². The summed E-state index contributed by atoms with van der Waals surface area (Å²) in [5.41, 5.74) is 10.6. The Kier molecular flexibility index (Phi) is 6.70. The molecule has 37 heavy (non-hydrogen) atoms. The van der Waals surface area contributed by atoms with Crippen molar-refractivity contribution >= 4 is 28.5 Å². The lowest BCUT2D eigenvalue weighted by Gasteiger charge is -2.13. The molecule has 190 valence electrons. The third-order valence-corrected chi connectivity index (χ3v) is 6.95. The van der Waals surface area contributed by atoms with Gasteiger partial charge in [-0.3, -0.25) is 15.6 Å². The first kappa shape index (κ1) is 23.4. The Balaban J connectivity index is 1.19. The number of nitrogens with one attached hydrogen (secondary N) is 4. The van der Waals surface area contributed by atoms with Gasteiger partial charge in [-0.2, -0.15) is 0 Å². The standard InChI is InChI=1S/C28H30N6O3/c35-25(31-21-5-1-2-6-21)17-37-23-7-3-4-19(14-23)27-33-24-12-13-36-26(24)28(34-27)32-22-10-8-18(9-11-22)20-15-29-30-16-20/h3-4,7-14,20-21,29-30H,1-2,5-6,15-17H2,(H,31,35)(H,32,33,34). The zero-order valence-electron chi connectivity index (χ0n) is 20.5. The first-order valence-electron chi connectivity index (χ1n) is 12.8. The second-order valence-electron chi connectivity index (χ2n) is 9.60. The summed E-state index contributed by atoms with van der Waals surface area (Å²) in [5, 5.41) is 6.44. The van der Waals surface area contributed by atoms with Gasteiger partial charge in [0.05, 0.1) is 6.26 Å². The highest BCUT2D eigenvalue weighted by Crippen LogP contribution is 2.30. The summed E-state index contributed by atoms with van der Waals surface area (Å²) in [6.45, 7) is 1.82. The van der Waals surface area contributed by atoms with E-state index in [1.54, 1.807) is 6.26 Å². The van der Waals surface area contributed by atoms with Crippen LogP contribution in [-0.2, 0) is 4.79 Å². The second-order valence-corrected chi connectivity index (χ2v) is 9.60. The van der Waals surface area contributed by atoms with E-state index in [0.29, 0.717) is 34.4 Å². The number of hydrogen-bond acceptors (Lipinski definition) is 8. The van der Waals surface area contributed by atoms with Gasteiger partial charge < -0.3 is 19.8 Å². The van der Waals surface area contributed by atoms with E-state index in [4.69, 9.17) is 14.1 Å². The van der Waals surface area contributed by atoms with Crippen molar-refractivity contribution in [1.82, 2.24) is 26.1 Å². The van der Waals surface area contributed by atoms with Crippen molar-refractivity contribution in [2.75, 3.05) is 25.0 Å². The van der Waals surface area contributed by atoms with Crippen molar-refractivity contribution in [2.24, 2.45) is 0 Å². The van der Waals surface area contributed by atoms with Gasteiger partial charge in [0.1, 0.15) is 11.3 Å². The molecule has 0 unspecified atom stereocenters. The van der Waals surface area contributed by atoms with Crippen LogP contribution in [0.25, 0.3) is 22.5 Å². The van der Waals surface area contributed by atoms with Gasteiger partial charge >= 0.3 is 0 Å². The summed E-state index contributed by atoms with van der Waals surface area (Å²) in [7, 11) is 0. The Hall–Kier alpha value is -3.95. The largest absolute Gasteiger partial charge is 0.484 e. The van der Waals surface area contributed by atoms with E-state index in [1.807, 2.05) is 30.3 Å². The molecule has 4 N–H and O–H groups in total. The smallest absolute Gasteiger partial charge is 0.258 e. The van der Waals surface area contributed by atoms with Gasteiger partial charge in [-0.05, 0) is 42.7 Å². The van der Waals surface area contributed by atoms with Crippen molar-refractivity contribution in [2.45, 2.75) is 37.6 Å². The van der Waals surface area contributed by atoms with E-state index in [2.05, 4.69) is 50.7 Å². The van der Waals surface area contributed by atoms with E-state index in [-0.39, 0.29) is 18.6 Å². The number of rotatable bonds is 8. The summed E-state index contributed by atoms with van der Waals surface area (Å²) in [6, 6.07) is 17.9. The predicted molar refractivity (Wildman–Crippen MR) is 142 cm³/mol. The van der Waals surface area contributed by atoms with Crippen LogP contribution in [0, 0.1) is 0 Å². The lowest BCUT2D eigenvalue weighted by atomic mass is 10.0. The number of furan rings is 1. The van der Waals surface area contributed by atoms with Gasteiger partial charge in [0, 0.05) is 42.4 Å². The molecule has 3 heterocycles. The highest BCUT2D eigenvalue weighted by molar-refractivity contribution is 5.87. The first-order chi connectivity index (χ1) is 18.2. The van der Waals surface area contributed by atoms with Crippen molar-refractivity contribution in [3.8, 4) is 17.1 Å². The third kappa shape index (κ3) is 5.42. The number of ether oxygens (including phenoxy) is 1. The Bertz CT molecular complexity index is 1370. The number of anilines is 2. The molecule has 0 atom stereocenters. The predicted octanol–water partition coefficient (Wildman–Crippen LogP) is 4.26. The number of carbonyl (C=O) groups excluding carboxylic acids is 1. The summed E-state index contributed by atoms with van der Waals surface area (Å²) in [4.78, 5) is 21.7. The van der Waals surface area contributed by atoms with Gasteiger partial charge in [-0.25, -0.2) is 9.97 Å². The molecule has 2 aromatic carbocycles. The molecule has 1 saturated heterocycles. The molecule has 2 aromatic heterocycles. The molecule has 6 rings (SSSR count). The monoisotopic (exact) mass is 498 g/mol. The van der Waals surface area contributed by atoms with Crippen LogP contribution in [0.1, 0.15) is 37.2 Å². The van der Waals surface area contributed by atoms with Crippen molar-refractivity contribution in [1.29, 1.82) is 0 Å². The second kappa shape index (κ2) is 10.6. The van der Waals surface area contributed by atoms with Crippen molar-refractivity contribution in [3.63, 3.8) is 0 Å². The van der Waals surface area contributed by atoms with E-state index < -0.39 is 0 Å². The average molecular weight is 499 g/mol. The highest BCUT2D eigenvalue weighted by atomic mass is 16.5. The number of nitrogens with zero attached hydrogens (tertiary/aromatic N) is 2. The molecule has 9 nitrogen and oxygen atoms in total. The molecule has 1 saturated carbocycles. The summed E-state index contributed by atoms with van der Waals surface area (Å²) in [6.07, 6.45) is 6.05. The number of carbonyl (C=O) groups is 1. The maximum absolute atomic E-state index is 12.3. The molecular weight excluding hydrogens is 468 g/mol. The number of hydrogen-bond donors (Lipinski definition) is 4. The number of fused-ring (bicyclic) bond motifs is 1. The summed E-state index contributed by atoms with van der Waals surface area (Å²) in [5.74, 6) is 2.09. The Morgan fingerprint density at radius 2 is 1.84 bits per heavy atom. The number of amides is 1. The number of aromatic nitrogens is 2. The minimum Gasteiger partial charge on any atom is -0.484 e. The van der Waals surface area contributed by atoms with Crippen LogP contribution in [0.5, 0.6) is 5.75 Å². The highest BCUT2D eigenvalue weighted by Gasteiger charge is 2.18. The average Bonchev–Trinajstić information content (AvgIpc) is 3.71. The van der Waals surface area contributed by atoms with E-state index >= 15 is 0 Å². The molecule has 0 radical (unpaired) electrons. The SMILES string of the molecule is O=C(COc1cccc(-c2nc(Nc3ccc(C4CNNC4)cc3)c3occc3n2)c1)NC1CCCC1. The van der Waals surface area contributed by atoms with E-state index in [1.165, 1.54) is 18.4 Å². The maximum atomic E-state index is 12.3. The topological polar surface area (TPSA) is 113 Å². The van der Waals surface area contributed by atoms with Gasteiger partial charge in [-0.15, -0.1) is 0 Å². The Labute approximate surface area is 215 Å². The zero-order valence-corrected chi connectivity index (χ0v) is 20.5. The van der Waals surface area contributed by atoms with Crippen molar-refractivity contribution in [3.05, 3.63) is 66.4 Å². The lowest BCUT2D eigenvalue weighted by molar-refractivity contribution is -0.123. The van der Waals surface area contributed by atoms with E-state index in [9.17, 15) is 4.79 Å². The Morgan fingerprint density at radius 1 is 1.03 bits per heavy atom. The van der Waals surface area contributed by atoms with Crippen LogP contribution < -0.4 is 26.2 Å². The molecule has 2 aliphatic rings. The van der Waals surface area contributed by atoms with Gasteiger partial charge in [0.25, 0.3) is 5.91 Å². The van der Waals surface area contributed by atoms with Gasteiger partial charge in [0.15, 0.2) is 23.8 Å².